The Kier molecular flexibility index (Phi) is 18.6. The minimum absolute atomic E-state index is 0.353. The number of unbranched alkanes of at least 4 members (excludes halogenated alkanes) is 2. The van der Waals surface area contributed by atoms with Gasteiger partial charge in [-0.15, -0.1) is 5.59 Å². The van der Waals surface area contributed by atoms with Crippen molar-refractivity contribution in [3.8, 4) is 0 Å². The van der Waals surface area contributed by atoms with Crippen molar-refractivity contribution in [1.82, 2.24) is 11.0 Å². The predicted octanol–water partition coefficient (Wildman–Crippen LogP) is 2.98. The van der Waals surface area contributed by atoms with Crippen molar-refractivity contribution >= 4 is 35.3 Å². The Labute approximate surface area is 124 Å². The highest BCUT2D eigenvalue weighted by molar-refractivity contribution is 8.10. The number of ether oxygens (including phenoxy) is 1. The number of nitrogens with one attached hydrogen (secondary N) is 3. The van der Waals surface area contributed by atoms with Crippen LogP contribution in [-0.2, 0) is 9.57 Å². The quantitative estimate of drug-likeness (QED) is 0.182. The molecule has 3 N–H and O–H groups in total. The van der Waals surface area contributed by atoms with E-state index < -0.39 is 6.03 Å². The molecule has 0 aliphatic rings. The predicted molar refractivity (Wildman–Crippen MR) is 80.1 cm³/mol. The standard InChI is InChI=1S/C6H12OS2.C4H10N4O2/c1-2-3-4-5-7-6(8)9;1-2-3-10-8-7-4(9)6-5/h2-5H2,1H3,(H,8,9);5,8H,2-3H2,1H3,(H,7,9). The SMILES string of the molecule is CCCCCOC(=S)S.CCCONNC(=O)N=N. The number of hydrogen-bond acceptors (Lipinski definition) is 6. The summed E-state index contributed by atoms with van der Waals surface area (Å²) in [5.74, 6) is 0. The topological polar surface area (TPSA) is 95.8 Å². The van der Waals surface area contributed by atoms with Crippen LogP contribution in [0, 0.1) is 5.53 Å². The molecule has 0 fully saturated rings. The van der Waals surface area contributed by atoms with Crippen LogP contribution in [0.4, 0.5) is 4.79 Å². The fourth-order valence-corrected chi connectivity index (χ4v) is 0.947. The van der Waals surface area contributed by atoms with Gasteiger partial charge >= 0.3 is 6.03 Å². The van der Waals surface area contributed by atoms with Crippen molar-refractivity contribution in [3.05, 3.63) is 0 Å². The lowest BCUT2D eigenvalue weighted by Crippen LogP contribution is -2.35. The summed E-state index contributed by atoms with van der Waals surface area (Å²) >= 11 is 8.40. The monoisotopic (exact) mass is 310 g/mol. The summed E-state index contributed by atoms with van der Waals surface area (Å²) in [6, 6.07) is -0.781. The van der Waals surface area contributed by atoms with E-state index in [1.165, 1.54) is 12.8 Å². The van der Waals surface area contributed by atoms with E-state index >= 15 is 0 Å². The van der Waals surface area contributed by atoms with E-state index in [0.29, 0.717) is 11.0 Å². The molecule has 2 amide bonds. The zero-order valence-electron chi connectivity index (χ0n) is 11.3. The number of urea groups is 1. The number of hydrogen-bond donors (Lipinski definition) is 4. The second-order valence-corrected chi connectivity index (χ2v) is 4.39. The maximum Gasteiger partial charge on any atom is 0.375 e. The lowest BCUT2D eigenvalue weighted by molar-refractivity contribution is 0.0204. The summed E-state index contributed by atoms with van der Waals surface area (Å²) < 4.78 is 5.29. The molecule has 19 heavy (non-hydrogen) atoms. The fraction of sp³-hybridized carbons (Fsp3) is 0.800. The summed E-state index contributed by atoms with van der Waals surface area (Å²) in [4.78, 5) is 14.8. The Hall–Kier alpha value is -0.770. The van der Waals surface area contributed by atoms with Crippen molar-refractivity contribution in [3.63, 3.8) is 0 Å². The highest BCUT2D eigenvalue weighted by atomic mass is 32.1. The summed E-state index contributed by atoms with van der Waals surface area (Å²) in [5.41, 5.74) is 10.3. The van der Waals surface area contributed by atoms with Gasteiger partial charge in [0.15, 0.2) is 0 Å². The second kappa shape index (κ2) is 17.2. The Morgan fingerprint density at radius 1 is 1.32 bits per heavy atom. The van der Waals surface area contributed by atoms with Crippen molar-refractivity contribution in [2.45, 2.75) is 39.5 Å². The molecule has 9 heteroatoms. The fourth-order valence-electron chi connectivity index (χ4n) is 0.772. The number of thiocarbonyl (C=S) groups is 1. The molecule has 0 spiro atoms. The molecule has 0 aromatic heterocycles. The van der Waals surface area contributed by atoms with Gasteiger partial charge in [-0.05, 0) is 25.1 Å². The smallest absolute Gasteiger partial charge is 0.375 e. The molecule has 0 aromatic rings. The summed E-state index contributed by atoms with van der Waals surface area (Å²) in [7, 11) is 0. The normalized spacial score (nSPS) is 9.00. The summed E-state index contributed by atoms with van der Waals surface area (Å²) in [5, 5.41) is 2.54. The zero-order chi connectivity index (χ0) is 14.9. The van der Waals surface area contributed by atoms with Crippen LogP contribution in [0.15, 0.2) is 5.11 Å². The first kappa shape index (κ1) is 20.5. The minimum atomic E-state index is -0.781. The average molecular weight is 310 g/mol. The average Bonchev–Trinajstić information content (AvgIpc) is 2.40. The van der Waals surface area contributed by atoms with Crippen LogP contribution >= 0.6 is 24.8 Å². The van der Waals surface area contributed by atoms with Gasteiger partial charge in [0.2, 0.25) is 4.38 Å². The number of rotatable bonds is 8. The van der Waals surface area contributed by atoms with Gasteiger partial charge in [0.1, 0.15) is 0 Å². The van der Waals surface area contributed by atoms with Gasteiger partial charge in [-0.1, -0.05) is 44.4 Å². The molecular formula is C10H22N4O3S2. The van der Waals surface area contributed by atoms with Crippen LogP contribution < -0.4 is 11.0 Å². The number of carbonyl (C=O) groups is 1. The van der Waals surface area contributed by atoms with Gasteiger partial charge in [0.25, 0.3) is 0 Å². The second-order valence-electron chi connectivity index (χ2n) is 3.31. The summed E-state index contributed by atoms with van der Waals surface area (Å²) in [6.07, 6.45) is 4.34. The first-order valence-electron chi connectivity index (χ1n) is 5.98. The maximum absolute atomic E-state index is 10.2. The lowest BCUT2D eigenvalue weighted by atomic mass is 10.3. The first-order chi connectivity index (χ1) is 9.08. The highest BCUT2D eigenvalue weighted by Crippen LogP contribution is 1.95. The van der Waals surface area contributed by atoms with Crippen LogP contribution in [-0.4, -0.2) is 23.6 Å². The van der Waals surface area contributed by atoms with E-state index in [1.54, 1.807) is 0 Å². The molecule has 0 aliphatic heterocycles. The van der Waals surface area contributed by atoms with Crippen LogP contribution in [0.2, 0.25) is 0 Å². The molecule has 7 nitrogen and oxygen atoms in total. The number of carbonyl (C=O) groups excluding carboxylic acids is 1. The van der Waals surface area contributed by atoms with Crippen LogP contribution in [0.5, 0.6) is 0 Å². The number of hydrazine groups is 1. The molecule has 0 saturated heterocycles. The summed E-state index contributed by atoms with van der Waals surface area (Å²) in [6.45, 7) is 5.30. The largest absolute Gasteiger partial charge is 0.479 e. The van der Waals surface area contributed by atoms with Gasteiger partial charge < -0.3 is 4.74 Å². The molecule has 0 aliphatic carbocycles. The van der Waals surface area contributed by atoms with Crippen molar-refractivity contribution in [2.75, 3.05) is 13.2 Å². The van der Waals surface area contributed by atoms with Crippen molar-refractivity contribution < 1.29 is 14.4 Å². The van der Waals surface area contributed by atoms with E-state index in [1.807, 2.05) is 12.3 Å². The van der Waals surface area contributed by atoms with Gasteiger partial charge in [0.05, 0.1) is 13.2 Å². The van der Waals surface area contributed by atoms with Crippen LogP contribution in [0.1, 0.15) is 39.5 Å². The Bertz CT molecular complexity index is 255. The van der Waals surface area contributed by atoms with E-state index in [-0.39, 0.29) is 0 Å². The van der Waals surface area contributed by atoms with Gasteiger partial charge in [-0.3, -0.25) is 4.84 Å². The number of nitrogens with zero attached hydrogens (tertiary/aromatic N) is 1. The number of amides is 2. The molecule has 0 rings (SSSR count). The first-order valence-corrected chi connectivity index (χ1v) is 6.83. The van der Waals surface area contributed by atoms with Gasteiger partial charge in [-0.2, -0.15) is 5.53 Å². The lowest BCUT2D eigenvalue weighted by Gasteiger charge is -2.01. The third-order valence-corrected chi connectivity index (χ3v) is 1.86. The van der Waals surface area contributed by atoms with Gasteiger partial charge in [0, 0.05) is 0 Å². The van der Waals surface area contributed by atoms with Gasteiger partial charge in [-0.25, -0.2) is 10.2 Å². The third-order valence-electron chi connectivity index (χ3n) is 1.61. The molecule has 112 valence electrons. The molecule has 0 bridgehead atoms. The van der Waals surface area contributed by atoms with Crippen molar-refractivity contribution in [2.24, 2.45) is 5.11 Å². The molecule has 0 saturated carbocycles. The third kappa shape index (κ3) is 22.8. The van der Waals surface area contributed by atoms with E-state index in [0.717, 1.165) is 19.4 Å². The molecule has 0 radical (unpaired) electrons. The zero-order valence-corrected chi connectivity index (χ0v) is 13.0. The molecule has 0 aromatic carbocycles. The van der Waals surface area contributed by atoms with E-state index in [2.05, 4.69) is 47.3 Å². The molecule has 0 unspecified atom stereocenters. The highest BCUT2D eigenvalue weighted by Gasteiger charge is 1.91. The van der Waals surface area contributed by atoms with E-state index in [4.69, 9.17) is 10.3 Å². The molecular weight excluding hydrogens is 288 g/mol. The Morgan fingerprint density at radius 3 is 2.47 bits per heavy atom. The van der Waals surface area contributed by atoms with Crippen LogP contribution in [0.3, 0.4) is 0 Å². The number of thiol groups is 1. The van der Waals surface area contributed by atoms with Crippen LogP contribution in [0.25, 0.3) is 0 Å². The van der Waals surface area contributed by atoms with E-state index in [9.17, 15) is 4.79 Å². The minimum Gasteiger partial charge on any atom is -0.479 e. The maximum atomic E-state index is 10.2. The molecule has 0 heterocycles. The Balaban J connectivity index is 0. The van der Waals surface area contributed by atoms with Crippen molar-refractivity contribution in [1.29, 1.82) is 5.53 Å². The molecule has 0 atom stereocenters. The Morgan fingerprint density at radius 2 is 2.00 bits per heavy atom.